The lowest BCUT2D eigenvalue weighted by Gasteiger charge is -2.23. The molecule has 0 amide bonds. The van der Waals surface area contributed by atoms with E-state index in [1.54, 1.807) is 20.3 Å². The Labute approximate surface area is 179 Å². The van der Waals surface area contributed by atoms with Gasteiger partial charge < -0.3 is 24.2 Å². The van der Waals surface area contributed by atoms with E-state index in [1.165, 1.54) is 36.4 Å². The summed E-state index contributed by atoms with van der Waals surface area (Å²) < 4.78 is 16.1. The minimum absolute atomic E-state index is 0.0256. The van der Waals surface area contributed by atoms with Crippen LogP contribution in [0, 0.1) is 10.1 Å². The number of Topliss-reactive ketones (excluding diaryl/α,β-unsaturated/α-hetero) is 1. The van der Waals surface area contributed by atoms with Crippen LogP contribution in [0.2, 0.25) is 0 Å². The van der Waals surface area contributed by atoms with Crippen molar-refractivity contribution in [2.24, 2.45) is 0 Å². The van der Waals surface area contributed by atoms with Crippen LogP contribution in [-0.4, -0.2) is 51.2 Å². The summed E-state index contributed by atoms with van der Waals surface area (Å²) in [5, 5.41) is 23.6. The van der Waals surface area contributed by atoms with Crippen LogP contribution in [0.1, 0.15) is 21.5 Å². The molecule has 0 atom stereocenters. The summed E-state index contributed by atoms with van der Waals surface area (Å²) in [4.78, 5) is 24.4. The van der Waals surface area contributed by atoms with Crippen LogP contribution in [0.3, 0.4) is 0 Å². The number of nitrogens with one attached hydrogen (secondary N) is 1. The number of carbonyl (C=O) groups excluding carboxylic acids is 1. The van der Waals surface area contributed by atoms with E-state index in [4.69, 9.17) is 14.2 Å². The van der Waals surface area contributed by atoms with Gasteiger partial charge in [-0.1, -0.05) is 23.9 Å². The normalized spacial score (nSPS) is 14.2. The standard InChI is InChI=1S/C22H24N2O7/c1-29-10-8-23(9-11-30-2)14-18-19(25)7-6-17-21(26)20(31-22(17)18)13-15-4-3-5-16(12-15)24(27)28/h3-7,12-13,25H,8-11,14H2,1-2H3/b20-13-. The molecule has 0 radical (unpaired) electrons. The Kier molecular flexibility index (Phi) is 7.35. The molecule has 31 heavy (non-hydrogen) atoms. The summed E-state index contributed by atoms with van der Waals surface area (Å²) in [6.07, 6.45) is 1.45. The van der Waals surface area contributed by atoms with Crippen LogP contribution in [0.5, 0.6) is 11.5 Å². The van der Waals surface area contributed by atoms with Crippen molar-refractivity contribution in [2.75, 3.05) is 40.5 Å². The molecule has 0 spiro atoms. The highest BCUT2D eigenvalue weighted by Gasteiger charge is 2.31. The number of methoxy groups -OCH3 is 2. The molecule has 9 nitrogen and oxygen atoms in total. The lowest BCUT2D eigenvalue weighted by Crippen LogP contribution is -3.11. The van der Waals surface area contributed by atoms with E-state index in [9.17, 15) is 20.0 Å². The molecule has 2 aromatic carbocycles. The number of rotatable bonds is 10. The van der Waals surface area contributed by atoms with E-state index < -0.39 is 4.92 Å². The van der Waals surface area contributed by atoms with E-state index in [-0.39, 0.29) is 28.7 Å². The van der Waals surface area contributed by atoms with E-state index in [0.717, 1.165) is 4.90 Å². The average Bonchev–Trinajstić information content (AvgIpc) is 3.07. The van der Waals surface area contributed by atoms with Crippen molar-refractivity contribution < 1.29 is 33.9 Å². The highest BCUT2D eigenvalue weighted by Crippen LogP contribution is 2.38. The second-order valence-electron chi connectivity index (χ2n) is 7.12. The van der Waals surface area contributed by atoms with Crippen molar-refractivity contribution in [2.45, 2.75) is 6.54 Å². The van der Waals surface area contributed by atoms with Crippen molar-refractivity contribution in [1.82, 2.24) is 0 Å². The van der Waals surface area contributed by atoms with Gasteiger partial charge in [-0.05, 0) is 17.7 Å². The molecule has 0 aromatic heterocycles. The Balaban J connectivity index is 1.90. The predicted octanol–water partition coefficient (Wildman–Crippen LogP) is 0.962. The molecule has 1 N–H and O–H groups in total. The molecule has 3 rings (SSSR count). The van der Waals surface area contributed by atoms with Crippen LogP contribution in [0.15, 0.2) is 42.2 Å². The van der Waals surface area contributed by atoms with Crippen LogP contribution < -0.4 is 14.7 Å². The number of hydrogen-bond acceptors (Lipinski definition) is 7. The second-order valence-corrected chi connectivity index (χ2v) is 7.12. The molecule has 1 heterocycles. The average molecular weight is 428 g/mol. The van der Waals surface area contributed by atoms with E-state index in [0.29, 0.717) is 49.5 Å². The highest BCUT2D eigenvalue weighted by atomic mass is 16.6. The summed E-state index contributed by atoms with van der Waals surface area (Å²) in [5.41, 5.74) is 1.09. The lowest BCUT2D eigenvalue weighted by molar-refractivity contribution is -0.914. The summed E-state index contributed by atoms with van der Waals surface area (Å²) in [6, 6.07) is 8.73. The van der Waals surface area contributed by atoms with Gasteiger partial charge >= 0.3 is 0 Å². The monoisotopic (exact) mass is 428 g/mol. The fourth-order valence-electron chi connectivity index (χ4n) is 3.38. The second kappa shape index (κ2) is 10.2. The molecule has 0 aliphatic carbocycles. The maximum atomic E-state index is 12.8. The summed E-state index contributed by atoms with van der Waals surface area (Å²) in [5.74, 6) is -0.298. The van der Waals surface area contributed by atoms with Crippen LogP contribution in [-0.2, 0) is 16.0 Å². The van der Waals surface area contributed by atoms with Gasteiger partial charge in [-0.2, -0.15) is 0 Å². The first-order chi connectivity index (χ1) is 14.9. The molecule has 9 heteroatoms. The molecule has 0 unspecified atom stereocenters. The number of ether oxygens (including phenoxy) is 3. The maximum Gasteiger partial charge on any atom is 0.270 e. The van der Waals surface area contributed by atoms with Crippen LogP contribution >= 0.6 is 0 Å². The number of carbonyl (C=O) groups is 1. The van der Waals surface area contributed by atoms with Gasteiger partial charge in [-0.3, -0.25) is 14.9 Å². The molecular weight excluding hydrogens is 404 g/mol. The van der Waals surface area contributed by atoms with Gasteiger partial charge in [0.05, 0.1) is 23.7 Å². The Hall–Kier alpha value is -3.27. The number of fused-ring (bicyclic) bond motifs is 1. The maximum absolute atomic E-state index is 12.8. The van der Waals surface area contributed by atoms with Gasteiger partial charge in [0.2, 0.25) is 5.78 Å². The number of ketones is 1. The first kappa shape index (κ1) is 22.4. The minimum Gasteiger partial charge on any atom is -0.872 e. The van der Waals surface area contributed by atoms with Gasteiger partial charge in [0.15, 0.2) is 5.76 Å². The molecule has 0 saturated heterocycles. The molecule has 0 saturated carbocycles. The summed E-state index contributed by atoms with van der Waals surface area (Å²) in [6.45, 7) is 2.70. The number of non-ortho nitro benzene ring substituents is 1. The number of quaternary nitrogens is 1. The van der Waals surface area contributed by atoms with Crippen LogP contribution in [0.4, 0.5) is 5.69 Å². The number of nitrogens with zero attached hydrogens (tertiary/aromatic N) is 1. The van der Waals surface area contributed by atoms with Gasteiger partial charge in [-0.25, -0.2) is 0 Å². The van der Waals surface area contributed by atoms with Gasteiger partial charge in [0, 0.05) is 31.9 Å². The van der Waals surface area contributed by atoms with Crippen molar-refractivity contribution >= 4 is 17.5 Å². The van der Waals surface area contributed by atoms with Crippen molar-refractivity contribution in [1.29, 1.82) is 0 Å². The topological polar surface area (TPSA) is 115 Å². The van der Waals surface area contributed by atoms with Crippen LogP contribution in [0.25, 0.3) is 6.08 Å². The molecule has 1 aliphatic rings. The molecule has 1 aliphatic heterocycles. The first-order valence-electron chi connectivity index (χ1n) is 9.77. The summed E-state index contributed by atoms with van der Waals surface area (Å²) >= 11 is 0. The van der Waals surface area contributed by atoms with Gasteiger partial charge in [0.1, 0.15) is 25.4 Å². The zero-order valence-electron chi connectivity index (χ0n) is 17.4. The Bertz CT molecular complexity index is 995. The highest BCUT2D eigenvalue weighted by molar-refractivity contribution is 6.15. The SMILES string of the molecule is COCC[NH+](CCOC)Cc1c([O-])ccc2c1O/C(=C\c1cccc([N+](=O)[O-])c1)C2=O. The third-order valence-electron chi connectivity index (χ3n) is 5.02. The van der Waals surface area contributed by atoms with Crippen molar-refractivity contribution in [3.63, 3.8) is 0 Å². The number of nitro groups is 1. The smallest absolute Gasteiger partial charge is 0.270 e. The van der Waals surface area contributed by atoms with E-state index in [2.05, 4.69) is 0 Å². The Morgan fingerprint density at radius 2 is 1.84 bits per heavy atom. The number of nitro benzene ring substituents is 1. The van der Waals surface area contributed by atoms with E-state index >= 15 is 0 Å². The van der Waals surface area contributed by atoms with Gasteiger partial charge in [-0.15, -0.1) is 0 Å². The fourth-order valence-corrected chi connectivity index (χ4v) is 3.38. The predicted molar refractivity (Wildman–Crippen MR) is 110 cm³/mol. The quantitative estimate of drug-likeness (QED) is 0.340. The zero-order valence-corrected chi connectivity index (χ0v) is 17.4. The zero-order chi connectivity index (χ0) is 22.4. The Morgan fingerprint density at radius 1 is 1.13 bits per heavy atom. The largest absolute Gasteiger partial charge is 0.872 e. The summed E-state index contributed by atoms with van der Waals surface area (Å²) in [7, 11) is 3.22. The lowest BCUT2D eigenvalue weighted by atomic mass is 10.0. The van der Waals surface area contributed by atoms with Crippen molar-refractivity contribution in [3.05, 3.63) is 69.0 Å². The Morgan fingerprint density at radius 3 is 2.48 bits per heavy atom. The van der Waals surface area contributed by atoms with Gasteiger partial charge in [0.25, 0.3) is 5.69 Å². The molecule has 0 fully saturated rings. The molecule has 2 aromatic rings. The third kappa shape index (κ3) is 5.26. The van der Waals surface area contributed by atoms with Crippen molar-refractivity contribution in [3.8, 4) is 11.5 Å². The number of allylic oxidation sites excluding steroid dienone is 1. The molecule has 164 valence electrons. The fraction of sp³-hybridized carbons (Fsp3) is 0.318. The molecular formula is C22H24N2O7. The van der Waals surface area contributed by atoms with E-state index in [1.807, 2.05) is 0 Å². The molecule has 0 bridgehead atoms. The number of benzene rings is 2. The third-order valence-corrected chi connectivity index (χ3v) is 5.02. The number of hydrogen-bond donors (Lipinski definition) is 1. The first-order valence-corrected chi connectivity index (χ1v) is 9.77. The minimum atomic E-state index is -0.507.